The fourth-order valence-corrected chi connectivity index (χ4v) is 2.93. The standard InChI is InChI=1S/C16H26ClN3/c1-14(15-6-3-4-7-16(15)17)18-8-5-9-20-12-10-19(2)11-13-20/h3-4,6-7,14,18H,5,8-13H2,1-2H3. The lowest BCUT2D eigenvalue weighted by atomic mass is 10.1. The average molecular weight is 296 g/mol. The summed E-state index contributed by atoms with van der Waals surface area (Å²) in [5, 5.41) is 4.42. The number of nitrogens with one attached hydrogen (secondary N) is 1. The zero-order valence-corrected chi connectivity index (χ0v) is 13.4. The molecule has 1 unspecified atom stereocenters. The van der Waals surface area contributed by atoms with Crippen LogP contribution in [0, 0.1) is 0 Å². The van der Waals surface area contributed by atoms with Gasteiger partial charge in [0.05, 0.1) is 0 Å². The Morgan fingerprint density at radius 3 is 2.60 bits per heavy atom. The van der Waals surface area contributed by atoms with Crippen LogP contribution in [0.4, 0.5) is 0 Å². The highest BCUT2D eigenvalue weighted by Crippen LogP contribution is 2.21. The molecule has 1 aromatic carbocycles. The predicted molar refractivity (Wildman–Crippen MR) is 86.4 cm³/mol. The average Bonchev–Trinajstić information content (AvgIpc) is 2.46. The second-order valence-electron chi connectivity index (χ2n) is 5.70. The van der Waals surface area contributed by atoms with Crippen LogP contribution >= 0.6 is 11.6 Å². The third-order valence-corrected chi connectivity index (χ3v) is 4.41. The van der Waals surface area contributed by atoms with Gasteiger partial charge in [0.1, 0.15) is 0 Å². The first kappa shape index (κ1) is 15.8. The number of nitrogens with zero attached hydrogens (tertiary/aromatic N) is 2. The molecule has 3 nitrogen and oxygen atoms in total. The summed E-state index contributed by atoms with van der Waals surface area (Å²) in [5.74, 6) is 0. The van der Waals surface area contributed by atoms with Crippen molar-refractivity contribution in [2.75, 3.05) is 46.3 Å². The lowest BCUT2D eigenvalue weighted by Crippen LogP contribution is -2.45. The van der Waals surface area contributed by atoms with Crippen molar-refractivity contribution in [1.82, 2.24) is 15.1 Å². The van der Waals surface area contributed by atoms with Crippen molar-refractivity contribution < 1.29 is 0 Å². The van der Waals surface area contributed by atoms with Crippen molar-refractivity contribution in [1.29, 1.82) is 0 Å². The van der Waals surface area contributed by atoms with Crippen LogP contribution in [0.3, 0.4) is 0 Å². The summed E-state index contributed by atoms with van der Waals surface area (Å²) in [7, 11) is 2.20. The summed E-state index contributed by atoms with van der Waals surface area (Å²) in [6.07, 6.45) is 1.19. The molecule has 0 saturated carbocycles. The van der Waals surface area contributed by atoms with Crippen LogP contribution in [-0.2, 0) is 0 Å². The molecular formula is C16H26ClN3. The first-order valence-electron chi connectivity index (χ1n) is 7.55. The molecule has 112 valence electrons. The molecule has 4 heteroatoms. The monoisotopic (exact) mass is 295 g/mol. The van der Waals surface area contributed by atoms with Gasteiger partial charge in [0, 0.05) is 37.2 Å². The summed E-state index contributed by atoms with van der Waals surface area (Å²) in [4.78, 5) is 4.95. The number of rotatable bonds is 6. The smallest absolute Gasteiger partial charge is 0.0453 e. The van der Waals surface area contributed by atoms with Crippen LogP contribution in [0.25, 0.3) is 0 Å². The summed E-state index contributed by atoms with van der Waals surface area (Å²) in [6, 6.07) is 8.39. The number of benzene rings is 1. The van der Waals surface area contributed by atoms with Crippen LogP contribution in [0.15, 0.2) is 24.3 Å². The van der Waals surface area contributed by atoms with Crippen LogP contribution < -0.4 is 5.32 Å². The molecular weight excluding hydrogens is 270 g/mol. The zero-order chi connectivity index (χ0) is 14.4. The van der Waals surface area contributed by atoms with Gasteiger partial charge in [-0.1, -0.05) is 29.8 Å². The molecule has 0 bridgehead atoms. The van der Waals surface area contributed by atoms with Crippen molar-refractivity contribution in [2.45, 2.75) is 19.4 Å². The molecule has 20 heavy (non-hydrogen) atoms. The highest BCUT2D eigenvalue weighted by Gasteiger charge is 2.13. The van der Waals surface area contributed by atoms with Gasteiger partial charge in [-0.15, -0.1) is 0 Å². The van der Waals surface area contributed by atoms with Gasteiger partial charge in [0.15, 0.2) is 0 Å². The molecule has 0 spiro atoms. The van der Waals surface area contributed by atoms with E-state index in [0.29, 0.717) is 6.04 Å². The van der Waals surface area contributed by atoms with E-state index in [2.05, 4.69) is 35.2 Å². The van der Waals surface area contributed by atoms with E-state index >= 15 is 0 Å². The molecule has 2 rings (SSSR count). The molecule has 1 fully saturated rings. The minimum absolute atomic E-state index is 0.316. The maximum absolute atomic E-state index is 6.21. The molecule has 1 N–H and O–H groups in total. The predicted octanol–water partition coefficient (Wildman–Crippen LogP) is 2.63. The molecule has 1 aliphatic heterocycles. The van der Waals surface area contributed by atoms with Gasteiger partial charge in [-0.05, 0) is 45.1 Å². The normalized spacial score (nSPS) is 19.1. The largest absolute Gasteiger partial charge is 0.310 e. The van der Waals surface area contributed by atoms with E-state index in [-0.39, 0.29) is 0 Å². The van der Waals surface area contributed by atoms with Crippen LogP contribution in [0.2, 0.25) is 5.02 Å². The molecule has 1 atom stereocenters. The second-order valence-corrected chi connectivity index (χ2v) is 6.10. The fraction of sp³-hybridized carbons (Fsp3) is 0.625. The zero-order valence-electron chi connectivity index (χ0n) is 12.6. The van der Waals surface area contributed by atoms with Gasteiger partial charge in [0.25, 0.3) is 0 Å². The quantitative estimate of drug-likeness (QED) is 0.814. The summed E-state index contributed by atoms with van der Waals surface area (Å²) < 4.78 is 0. The maximum Gasteiger partial charge on any atom is 0.0453 e. The number of likely N-dealkylation sites (N-methyl/N-ethyl adjacent to an activating group) is 1. The van der Waals surface area contributed by atoms with E-state index in [0.717, 1.165) is 11.6 Å². The molecule has 1 aromatic rings. The highest BCUT2D eigenvalue weighted by molar-refractivity contribution is 6.31. The second kappa shape index (κ2) is 7.99. The lowest BCUT2D eigenvalue weighted by Gasteiger charge is -2.32. The van der Waals surface area contributed by atoms with Crippen LogP contribution in [0.1, 0.15) is 24.9 Å². The first-order valence-corrected chi connectivity index (χ1v) is 7.93. The van der Waals surface area contributed by atoms with E-state index in [1.54, 1.807) is 0 Å². The van der Waals surface area contributed by atoms with Crippen molar-refractivity contribution in [2.24, 2.45) is 0 Å². The minimum Gasteiger partial charge on any atom is -0.310 e. The highest BCUT2D eigenvalue weighted by atomic mass is 35.5. The molecule has 0 aliphatic carbocycles. The van der Waals surface area contributed by atoms with Gasteiger partial charge in [0.2, 0.25) is 0 Å². The Morgan fingerprint density at radius 2 is 1.90 bits per heavy atom. The minimum atomic E-state index is 0.316. The molecule has 1 saturated heterocycles. The topological polar surface area (TPSA) is 18.5 Å². The van der Waals surface area contributed by atoms with E-state index in [1.807, 2.05) is 18.2 Å². The number of hydrogen-bond acceptors (Lipinski definition) is 3. The number of halogens is 1. The molecule has 1 aliphatic rings. The van der Waals surface area contributed by atoms with E-state index in [9.17, 15) is 0 Å². The SMILES string of the molecule is CC(NCCCN1CCN(C)CC1)c1ccccc1Cl. The van der Waals surface area contributed by atoms with Crippen molar-refractivity contribution in [3.8, 4) is 0 Å². The first-order chi connectivity index (χ1) is 9.66. The Morgan fingerprint density at radius 1 is 1.20 bits per heavy atom. The Balaban J connectivity index is 1.65. The van der Waals surface area contributed by atoms with Crippen molar-refractivity contribution in [3.05, 3.63) is 34.9 Å². The van der Waals surface area contributed by atoms with E-state index < -0.39 is 0 Å². The summed E-state index contributed by atoms with van der Waals surface area (Å²) in [5.41, 5.74) is 1.19. The van der Waals surface area contributed by atoms with E-state index in [1.165, 1.54) is 44.7 Å². The van der Waals surface area contributed by atoms with Gasteiger partial charge < -0.3 is 15.1 Å². The molecule has 0 radical (unpaired) electrons. The van der Waals surface area contributed by atoms with Crippen molar-refractivity contribution >= 4 is 11.6 Å². The van der Waals surface area contributed by atoms with E-state index in [4.69, 9.17) is 11.6 Å². The lowest BCUT2D eigenvalue weighted by molar-refractivity contribution is 0.152. The molecule has 1 heterocycles. The van der Waals surface area contributed by atoms with Crippen molar-refractivity contribution in [3.63, 3.8) is 0 Å². The maximum atomic E-state index is 6.21. The molecule has 0 aromatic heterocycles. The fourth-order valence-electron chi connectivity index (χ4n) is 2.63. The van der Waals surface area contributed by atoms with Gasteiger partial charge in [-0.2, -0.15) is 0 Å². The van der Waals surface area contributed by atoms with Crippen LogP contribution in [-0.4, -0.2) is 56.1 Å². The summed E-state index contributed by atoms with van der Waals surface area (Å²) >= 11 is 6.21. The van der Waals surface area contributed by atoms with Gasteiger partial charge >= 0.3 is 0 Å². The third-order valence-electron chi connectivity index (χ3n) is 4.07. The number of piperazine rings is 1. The van der Waals surface area contributed by atoms with Crippen LogP contribution in [0.5, 0.6) is 0 Å². The third kappa shape index (κ3) is 4.74. The van der Waals surface area contributed by atoms with Gasteiger partial charge in [-0.25, -0.2) is 0 Å². The Kier molecular flexibility index (Phi) is 6.30. The Labute approximate surface area is 127 Å². The molecule has 0 amide bonds. The Hall–Kier alpha value is -0.610. The Bertz CT molecular complexity index is 402. The van der Waals surface area contributed by atoms with Gasteiger partial charge in [-0.3, -0.25) is 0 Å². The number of hydrogen-bond donors (Lipinski definition) is 1. The summed E-state index contributed by atoms with van der Waals surface area (Å²) in [6.45, 7) is 9.21.